The topological polar surface area (TPSA) is 74.4 Å². The lowest BCUT2D eigenvalue weighted by Crippen LogP contribution is -2.42. The lowest BCUT2D eigenvalue weighted by Gasteiger charge is -2.31. The molecule has 1 aromatic heterocycles. The van der Waals surface area contributed by atoms with E-state index in [1.807, 2.05) is 61.5 Å². The van der Waals surface area contributed by atoms with Gasteiger partial charge in [0.25, 0.3) is 5.91 Å². The van der Waals surface area contributed by atoms with E-state index in [1.165, 1.54) is 0 Å². The lowest BCUT2D eigenvalue weighted by molar-refractivity contribution is -0.151. The van der Waals surface area contributed by atoms with Crippen molar-refractivity contribution in [2.45, 2.75) is 38.7 Å². The van der Waals surface area contributed by atoms with Crippen LogP contribution in [0, 0.1) is 0 Å². The SMILES string of the molecule is CCCC(=O)OC1CCN(CCNC(=O)c2c(/C=C/c3ccc(Cl)cc3)[nH]c3cc(Br)ccc23)CC1. The van der Waals surface area contributed by atoms with Gasteiger partial charge in [-0.05, 0) is 55.2 Å². The van der Waals surface area contributed by atoms with E-state index in [0.29, 0.717) is 23.6 Å². The number of piperidine rings is 1. The number of ether oxygens (including phenoxy) is 1. The van der Waals surface area contributed by atoms with Crippen LogP contribution in [-0.4, -0.2) is 54.0 Å². The number of carbonyl (C=O) groups is 2. The predicted molar refractivity (Wildman–Crippen MR) is 149 cm³/mol. The molecule has 0 spiro atoms. The molecule has 6 nitrogen and oxygen atoms in total. The van der Waals surface area contributed by atoms with E-state index in [2.05, 4.69) is 31.1 Å². The minimum absolute atomic E-state index is 0.00965. The van der Waals surface area contributed by atoms with E-state index in [-0.39, 0.29) is 18.0 Å². The maximum Gasteiger partial charge on any atom is 0.306 e. The molecular weight excluding hydrogens is 542 g/mol. The van der Waals surface area contributed by atoms with Gasteiger partial charge >= 0.3 is 5.97 Å². The molecule has 3 aromatic rings. The van der Waals surface area contributed by atoms with Crippen LogP contribution in [-0.2, 0) is 9.53 Å². The summed E-state index contributed by atoms with van der Waals surface area (Å²) in [6, 6.07) is 13.4. The number of nitrogens with one attached hydrogen (secondary N) is 2. The zero-order chi connectivity index (χ0) is 25.5. The Morgan fingerprint density at radius 2 is 1.92 bits per heavy atom. The highest BCUT2D eigenvalue weighted by Crippen LogP contribution is 2.27. The van der Waals surface area contributed by atoms with Gasteiger partial charge in [-0.1, -0.05) is 58.7 Å². The van der Waals surface area contributed by atoms with Crippen molar-refractivity contribution in [3.63, 3.8) is 0 Å². The highest BCUT2D eigenvalue weighted by Gasteiger charge is 2.22. The van der Waals surface area contributed by atoms with Gasteiger partial charge in [-0.15, -0.1) is 0 Å². The van der Waals surface area contributed by atoms with E-state index >= 15 is 0 Å². The van der Waals surface area contributed by atoms with E-state index in [9.17, 15) is 9.59 Å². The van der Waals surface area contributed by atoms with Crippen LogP contribution in [0.15, 0.2) is 46.9 Å². The number of amides is 1. The summed E-state index contributed by atoms with van der Waals surface area (Å²) in [5, 5.41) is 4.66. The monoisotopic (exact) mass is 571 g/mol. The third-order valence-corrected chi connectivity index (χ3v) is 7.07. The van der Waals surface area contributed by atoms with Gasteiger partial charge in [0.1, 0.15) is 6.10 Å². The van der Waals surface area contributed by atoms with Gasteiger partial charge in [-0.2, -0.15) is 0 Å². The van der Waals surface area contributed by atoms with Crippen molar-refractivity contribution in [2.24, 2.45) is 0 Å². The number of likely N-dealkylation sites (tertiary alicyclic amines) is 1. The van der Waals surface area contributed by atoms with Crippen LogP contribution >= 0.6 is 27.5 Å². The molecule has 1 saturated heterocycles. The normalized spacial score (nSPS) is 15.0. The molecule has 190 valence electrons. The number of aromatic amines is 1. The first-order valence-corrected chi connectivity index (χ1v) is 13.5. The standard InChI is InChI=1S/C28H31BrClN3O3/c1-2-3-26(34)36-22-12-15-33(16-13-22)17-14-31-28(35)27-23-10-7-20(29)18-25(23)32-24(27)11-6-19-4-8-21(30)9-5-19/h4-11,18,22,32H,2-3,12-17H2,1H3,(H,31,35)/b11-6+. The van der Waals surface area contributed by atoms with Crippen LogP contribution in [0.5, 0.6) is 0 Å². The fourth-order valence-corrected chi connectivity index (χ4v) is 4.92. The summed E-state index contributed by atoms with van der Waals surface area (Å²) in [6.45, 7) is 4.99. The zero-order valence-corrected chi connectivity index (χ0v) is 22.7. The molecule has 0 aliphatic carbocycles. The Hall–Kier alpha value is -2.61. The molecule has 0 unspecified atom stereocenters. The molecule has 1 aliphatic rings. The third kappa shape index (κ3) is 6.99. The van der Waals surface area contributed by atoms with Crippen molar-refractivity contribution in [3.05, 3.63) is 68.8 Å². The van der Waals surface area contributed by atoms with Crippen LogP contribution < -0.4 is 5.32 Å². The van der Waals surface area contributed by atoms with Crippen molar-refractivity contribution in [2.75, 3.05) is 26.2 Å². The van der Waals surface area contributed by atoms with E-state index in [4.69, 9.17) is 16.3 Å². The maximum atomic E-state index is 13.3. The minimum atomic E-state index is -0.109. The number of aromatic nitrogens is 1. The summed E-state index contributed by atoms with van der Waals surface area (Å²) in [5.74, 6) is -0.211. The van der Waals surface area contributed by atoms with Crippen LogP contribution in [0.2, 0.25) is 5.02 Å². The average molecular weight is 573 g/mol. The van der Waals surface area contributed by atoms with Gasteiger partial charge < -0.3 is 19.9 Å². The number of carbonyl (C=O) groups excluding carboxylic acids is 2. The van der Waals surface area contributed by atoms with Crippen LogP contribution in [0.3, 0.4) is 0 Å². The second kappa shape index (κ2) is 12.6. The first-order valence-electron chi connectivity index (χ1n) is 12.4. The number of H-pyrrole nitrogens is 1. The third-order valence-electron chi connectivity index (χ3n) is 6.33. The second-order valence-corrected chi connectivity index (χ2v) is 10.4. The van der Waals surface area contributed by atoms with Crippen molar-refractivity contribution in [1.29, 1.82) is 0 Å². The van der Waals surface area contributed by atoms with Crippen molar-refractivity contribution in [3.8, 4) is 0 Å². The number of hydrogen-bond acceptors (Lipinski definition) is 4. The number of halogens is 2. The van der Waals surface area contributed by atoms with Crippen LogP contribution in [0.4, 0.5) is 0 Å². The van der Waals surface area contributed by atoms with Gasteiger partial charge in [-0.3, -0.25) is 9.59 Å². The molecule has 1 aliphatic heterocycles. The number of esters is 1. The van der Waals surface area contributed by atoms with E-state index in [0.717, 1.165) is 65.5 Å². The molecule has 36 heavy (non-hydrogen) atoms. The number of fused-ring (bicyclic) bond motifs is 1. The van der Waals surface area contributed by atoms with Crippen molar-refractivity contribution < 1.29 is 14.3 Å². The molecule has 0 radical (unpaired) electrons. The van der Waals surface area contributed by atoms with Crippen molar-refractivity contribution >= 4 is 62.5 Å². The summed E-state index contributed by atoms with van der Waals surface area (Å²) in [5.41, 5.74) is 3.27. The summed E-state index contributed by atoms with van der Waals surface area (Å²) in [6.07, 6.45) is 6.86. The number of nitrogens with zero attached hydrogens (tertiary/aromatic N) is 1. The Bertz CT molecular complexity index is 1230. The summed E-state index contributed by atoms with van der Waals surface area (Å²) in [4.78, 5) is 30.7. The number of rotatable bonds is 9. The zero-order valence-electron chi connectivity index (χ0n) is 20.4. The Morgan fingerprint density at radius 1 is 1.17 bits per heavy atom. The molecular formula is C28H31BrClN3O3. The first kappa shape index (κ1) is 26.5. The lowest BCUT2D eigenvalue weighted by atomic mass is 10.1. The van der Waals surface area contributed by atoms with Gasteiger partial charge in [0.15, 0.2) is 0 Å². The fraction of sp³-hybridized carbons (Fsp3) is 0.357. The molecule has 1 amide bonds. The molecule has 4 rings (SSSR count). The van der Waals surface area contributed by atoms with E-state index < -0.39 is 0 Å². The maximum absolute atomic E-state index is 13.3. The highest BCUT2D eigenvalue weighted by atomic mass is 79.9. The highest BCUT2D eigenvalue weighted by molar-refractivity contribution is 9.10. The molecule has 8 heteroatoms. The first-order chi connectivity index (χ1) is 17.4. The molecule has 0 bridgehead atoms. The number of benzene rings is 2. The Morgan fingerprint density at radius 3 is 2.64 bits per heavy atom. The van der Waals surface area contributed by atoms with Crippen molar-refractivity contribution in [1.82, 2.24) is 15.2 Å². The van der Waals surface area contributed by atoms with E-state index in [1.54, 1.807) is 0 Å². The molecule has 2 N–H and O–H groups in total. The van der Waals surface area contributed by atoms with Gasteiger partial charge in [0, 0.05) is 53.0 Å². The Labute approximate surface area is 225 Å². The largest absolute Gasteiger partial charge is 0.462 e. The quantitative estimate of drug-likeness (QED) is 0.296. The molecule has 2 heterocycles. The molecule has 1 fully saturated rings. The Balaban J connectivity index is 1.38. The minimum Gasteiger partial charge on any atom is -0.462 e. The van der Waals surface area contributed by atoms with Crippen LogP contribution in [0.25, 0.3) is 23.1 Å². The Kier molecular flexibility index (Phi) is 9.24. The summed E-state index contributed by atoms with van der Waals surface area (Å²) in [7, 11) is 0. The van der Waals surface area contributed by atoms with Gasteiger partial charge in [0.05, 0.1) is 11.3 Å². The summed E-state index contributed by atoms with van der Waals surface area (Å²) >= 11 is 9.51. The smallest absolute Gasteiger partial charge is 0.306 e. The van der Waals surface area contributed by atoms with Gasteiger partial charge in [-0.25, -0.2) is 0 Å². The predicted octanol–water partition coefficient (Wildman–Crippen LogP) is 6.29. The second-order valence-electron chi connectivity index (χ2n) is 9.03. The van der Waals surface area contributed by atoms with Crippen LogP contribution in [0.1, 0.15) is 54.2 Å². The summed E-state index contributed by atoms with van der Waals surface area (Å²) < 4.78 is 6.48. The molecule has 0 atom stereocenters. The molecule has 0 saturated carbocycles. The average Bonchev–Trinajstić information content (AvgIpc) is 3.22. The van der Waals surface area contributed by atoms with Gasteiger partial charge in [0.2, 0.25) is 0 Å². The molecule has 2 aromatic carbocycles. The number of hydrogen-bond donors (Lipinski definition) is 2. The fourth-order valence-electron chi connectivity index (χ4n) is 4.43.